The van der Waals surface area contributed by atoms with E-state index in [1.54, 1.807) is 18.2 Å². The van der Waals surface area contributed by atoms with Crippen molar-refractivity contribution in [3.8, 4) is 0 Å². The number of anilines is 2. The standard InChI is InChI=1S/C15H13BrF2N2O/c1-20(2)11-5-3-4-10(8-11)19-15(21)14-12(17)6-9(16)7-13(14)18/h3-8H,1-2H3,(H,19,21). The Bertz CT molecular complexity index is 666. The van der Waals surface area contributed by atoms with Crippen LogP contribution in [-0.4, -0.2) is 20.0 Å². The highest BCUT2D eigenvalue weighted by atomic mass is 79.9. The first-order chi connectivity index (χ1) is 9.88. The van der Waals surface area contributed by atoms with E-state index in [0.717, 1.165) is 17.8 Å². The molecule has 3 nitrogen and oxygen atoms in total. The summed E-state index contributed by atoms with van der Waals surface area (Å²) >= 11 is 2.97. The highest BCUT2D eigenvalue weighted by Crippen LogP contribution is 2.22. The number of halogens is 3. The van der Waals surface area contributed by atoms with E-state index >= 15 is 0 Å². The van der Waals surface area contributed by atoms with E-state index in [1.165, 1.54) is 0 Å². The zero-order valence-corrected chi connectivity index (χ0v) is 13.0. The van der Waals surface area contributed by atoms with Crippen LogP contribution in [0, 0.1) is 11.6 Å². The molecule has 0 heterocycles. The van der Waals surface area contributed by atoms with Gasteiger partial charge in [-0.1, -0.05) is 22.0 Å². The molecule has 0 aromatic heterocycles. The van der Waals surface area contributed by atoms with Crippen molar-refractivity contribution in [2.24, 2.45) is 0 Å². The molecular weight excluding hydrogens is 342 g/mol. The molecular formula is C15H13BrF2N2O. The molecule has 2 rings (SSSR count). The van der Waals surface area contributed by atoms with Crippen LogP contribution in [0.3, 0.4) is 0 Å². The van der Waals surface area contributed by atoms with Gasteiger partial charge >= 0.3 is 0 Å². The third-order valence-corrected chi connectivity index (χ3v) is 3.31. The summed E-state index contributed by atoms with van der Waals surface area (Å²) in [7, 11) is 3.71. The fraction of sp³-hybridized carbons (Fsp3) is 0.133. The molecule has 0 spiro atoms. The highest BCUT2D eigenvalue weighted by molar-refractivity contribution is 9.10. The monoisotopic (exact) mass is 354 g/mol. The molecule has 0 atom stereocenters. The van der Waals surface area contributed by atoms with Crippen LogP contribution in [0.4, 0.5) is 20.2 Å². The van der Waals surface area contributed by atoms with Gasteiger partial charge in [-0.3, -0.25) is 4.79 Å². The topological polar surface area (TPSA) is 32.3 Å². The maximum absolute atomic E-state index is 13.7. The van der Waals surface area contributed by atoms with Crippen molar-refractivity contribution in [1.82, 2.24) is 0 Å². The SMILES string of the molecule is CN(C)c1cccc(NC(=O)c2c(F)cc(Br)cc2F)c1. The molecule has 2 aromatic rings. The predicted molar refractivity (Wildman–Crippen MR) is 82.8 cm³/mol. The summed E-state index contributed by atoms with van der Waals surface area (Å²) in [5.41, 5.74) is 0.728. The van der Waals surface area contributed by atoms with Crippen LogP contribution < -0.4 is 10.2 Å². The summed E-state index contributed by atoms with van der Waals surface area (Å²) in [6.07, 6.45) is 0. The van der Waals surface area contributed by atoms with Gasteiger partial charge in [-0.05, 0) is 30.3 Å². The fourth-order valence-corrected chi connectivity index (χ4v) is 2.22. The average Bonchev–Trinajstić information content (AvgIpc) is 2.37. The largest absolute Gasteiger partial charge is 0.378 e. The van der Waals surface area contributed by atoms with Gasteiger partial charge in [-0.15, -0.1) is 0 Å². The third kappa shape index (κ3) is 3.58. The fourth-order valence-electron chi connectivity index (χ4n) is 1.81. The van der Waals surface area contributed by atoms with E-state index in [0.29, 0.717) is 5.69 Å². The number of hydrogen-bond acceptors (Lipinski definition) is 2. The van der Waals surface area contributed by atoms with Crippen molar-refractivity contribution in [3.63, 3.8) is 0 Å². The van der Waals surface area contributed by atoms with Gasteiger partial charge in [0.15, 0.2) is 0 Å². The van der Waals surface area contributed by atoms with Crippen molar-refractivity contribution in [2.45, 2.75) is 0 Å². The first-order valence-corrected chi connectivity index (χ1v) is 6.91. The minimum Gasteiger partial charge on any atom is -0.378 e. The lowest BCUT2D eigenvalue weighted by Crippen LogP contribution is -2.16. The molecule has 0 saturated carbocycles. The Morgan fingerprint density at radius 2 is 1.76 bits per heavy atom. The summed E-state index contributed by atoms with van der Waals surface area (Å²) in [6.45, 7) is 0. The summed E-state index contributed by atoms with van der Waals surface area (Å²) in [5.74, 6) is -2.65. The van der Waals surface area contributed by atoms with Crippen molar-refractivity contribution in [2.75, 3.05) is 24.3 Å². The second-order valence-corrected chi connectivity index (χ2v) is 5.56. The van der Waals surface area contributed by atoms with Crippen molar-refractivity contribution in [1.29, 1.82) is 0 Å². The lowest BCUT2D eigenvalue weighted by atomic mass is 10.1. The van der Waals surface area contributed by atoms with Crippen LogP contribution in [0.5, 0.6) is 0 Å². The van der Waals surface area contributed by atoms with Crippen molar-refractivity contribution < 1.29 is 13.6 Å². The Morgan fingerprint density at radius 3 is 2.33 bits per heavy atom. The second-order valence-electron chi connectivity index (χ2n) is 4.64. The van der Waals surface area contributed by atoms with E-state index in [9.17, 15) is 13.6 Å². The van der Waals surface area contributed by atoms with Gasteiger partial charge in [0, 0.05) is 29.9 Å². The number of carbonyl (C=O) groups is 1. The maximum Gasteiger partial charge on any atom is 0.261 e. The number of carbonyl (C=O) groups excluding carboxylic acids is 1. The first-order valence-electron chi connectivity index (χ1n) is 6.12. The van der Waals surface area contributed by atoms with E-state index in [1.807, 2.05) is 25.1 Å². The van der Waals surface area contributed by atoms with Crippen LogP contribution in [0.25, 0.3) is 0 Å². The van der Waals surface area contributed by atoms with Crippen LogP contribution in [0.15, 0.2) is 40.9 Å². The molecule has 0 fully saturated rings. The number of nitrogens with one attached hydrogen (secondary N) is 1. The molecule has 110 valence electrons. The van der Waals surface area contributed by atoms with Gasteiger partial charge in [0.25, 0.3) is 5.91 Å². The summed E-state index contributed by atoms with van der Waals surface area (Å²) in [6, 6.07) is 9.07. The van der Waals surface area contributed by atoms with Crippen LogP contribution in [0.2, 0.25) is 0 Å². The zero-order chi connectivity index (χ0) is 15.6. The smallest absolute Gasteiger partial charge is 0.261 e. The first kappa shape index (κ1) is 15.4. The van der Waals surface area contributed by atoms with Crippen LogP contribution in [-0.2, 0) is 0 Å². The van der Waals surface area contributed by atoms with Gasteiger partial charge in [0.2, 0.25) is 0 Å². The second kappa shape index (κ2) is 6.22. The molecule has 0 unspecified atom stereocenters. The Kier molecular flexibility index (Phi) is 4.57. The lowest BCUT2D eigenvalue weighted by molar-refractivity contribution is 0.101. The minimum atomic E-state index is -0.914. The molecule has 21 heavy (non-hydrogen) atoms. The van der Waals surface area contributed by atoms with Gasteiger partial charge in [-0.2, -0.15) is 0 Å². The van der Waals surface area contributed by atoms with Gasteiger partial charge in [0.05, 0.1) is 0 Å². The Balaban J connectivity index is 2.28. The molecule has 6 heteroatoms. The molecule has 0 saturated heterocycles. The number of hydrogen-bond donors (Lipinski definition) is 1. The molecule has 0 aliphatic rings. The maximum atomic E-state index is 13.7. The lowest BCUT2D eigenvalue weighted by Gasteiger charge is -2.14. The number of benzene rings is 2. The number of rotatable bonds is 3. The normalized spacial score (nSPS) is 10.3. The predicted octanol–water partition coefficient (Wildman–Crippen LogP) is 4.05. The zero-order valence-electron chi connectivity index (χ0n) is 11.5. The average molecular weight is 355 g/mol. The number of nitrogens with zero attached hydrogens (tertiary/aromatic N) is 1. The van der Waals surface area contributed by atoms with E-state index in [-0.39, 0.29) is 4.47 Å². The van der Waals surface area contributed by atoms with Crippen LogP contribution >= 0.6 is 15.9 Å². The van der Waals surface area contributed by atoms with Crippen LogP contribution in [0.1, 0.15) is 10.4 Å². The molecule has 0 aliphatic carbocycles. The molecule has 2 aromatic carbocycles. The molecule has 0 aliphatic heterocycles. The van der Waals surface area contributed by atoms with E-state index in [4.69, 9.17) is 0 Å². The third-order valence-electron chi connectivity index (χ3n) is 2.85. The quantitative estimate of drug-likeness (QED) is 0.901. The highest BCUT2D eigenvalue weighted by Gasteiger charge is 2.18. The van der Waals surface area contributed by atoms with Crippen molar-refractivity contribution in [3.05, 3.63) is 58.1 Å². The van der Waals surface area contributed by atoms with Crippen molar-refractivity contribution >= 4 is 33.2 Å². The molecule has 0 radical (unpaired) electrons. The van der Waals surface area contributed by atoms with E-state index < -0.39 is 23.1 Å². The Hall–Kier alpha value is -1.95. The Morgan fingerprint density at radius 1 is 1.14 bits per heavy atom. The summed E-state index contributed by atoms with van der Waals surface area (Å²) in [4.78, 5) is 13.9. The van der Waals surface area contributed by atoms with Gasteiger partial charge in [-0.25, -0.2) is 8.78 Å². The molecule has 1 N–H and O–H groups in total. The minimum absolute atomic E-state index is 0.239. The molecule has 0 bridgehead atoms. The Labute approximate surface area is 129 Å². The van der Waals surface area contributed by atoms with E-state index in [2.05, 4.69) is 21.2 Å². The summed E-state index contributed by atoms with van der Waals surface area (Å²) in [5, 5.41) is 2.49. The van der Waals surface area contributed by atoms with Gasteiger partial charge < -0.3 is 10.2 Å². The summed E-state index contributed by atoms with van der Waals surface area (Å²) < 4.78 is 27.7. The van der Waals surface area contributed by atoms with Gasteiger partial charge in [0.1, 0.15) is 17.2 Å². The number of amides is 1. The molecule has 1 amide bonds.